The molecule has 0 aromatic rings. The third-order valence-electron chi connectivity index (χ3n) is 4.53. The minimum absolute atomic E-state index is 0.373. The predicted molar refractivity (Wildman–Crippen MR) is 107 cm³/mol. The van der Waals surface area contributed by atoms with Gasteiger partial charge in [-0.2, -0.15) is 0 Å². The van der Waals surface area contributed by atoms with Crippen molar-refractivity contribution in [1.82, 2.24) is 16.0 Å². The zero-order chi connectivity index (χ0) is 23.3. The van der Waals surface area contributed by atoms with E-state index in [9.17, 15) is 24.0 Å². The Bertz CT molecular complexity index is 614. The molecule has 30 heavy (non-hydrogen) atoms. The molecule has 4 unspecified atom stereocenters. The lowest BCUT2D eigenvalue weighted by Gasteiger charge is -2.25. The lowest BCUT2D eigenvalue weighted by Crippen LogP contribution is -2.56. The molecule has 0 aromatic heterocycles. The molecule has 0 saturated carbocycles. The summed E-state index contributed by atoms with van der Waals surface area (Å²) in [5.41, 5.74) is 11.1. The summed E-state index contributed by atoms with van der Waals surface area (Å²) in [5.74, 6) is -5.27. The number of carboxylic acid groups (broad SMARTS) is 2. The first-order chi connectivity index (χ1) is 14.0. The topological polar surface area (TPSA) is 214 Å². The Balaban J connectivity index is 4.86. The Hall–Kier alpha value is -2.73. The van der Waals surface area contributed by atoms with Crippen molar-refractivity contribution in [3.05, 3.63) is 0 Å². The highest BCUT2D eigenvalue weighted by Gasteiger charge is 2.31. The van der Waals surface area contributed by atoms with Gasteiger partial charge in [-0.3, -0.25) is 19.2 Å². The van der Waals surface area contributed by atoms with E-state index < -0.39 is 60.8 Å². The molecule has 172 valence electrons. The number of nitrogens with two attached hydrogens (primary N) is 2. The number of nitrogens with one attached hydrogen (secondary N) is 3. The van der Waals surface area contributed by atoms with Crippen molar-refractivity contribution in [2.24, 2.45) is 17.4 Å². The normalized spacial score (nSPS) is 14.7. The average molecular weight is 431 g/mol. The number of amides is 3. The molecule has 0 rings (SSSR count). The van der Waals surface area contributed by atoms with Gasteiger partial charge in [0.05, 0.1) is 19.0 Å². The fourth-order valence-electron chi connectivity index (χ4n) is 2.50. The number of hydrogen-bond donors (Lipinski definition) is 7. The van der Waals surface area contributed by atoms with Gasteiger partial charge >= 0.3 is 11.9 Å². The first kappa shape index (κ1) is 27.3. The number of aliphatic carboxylic acids is 2. The van der Waals surface area contributed by atoms with Gasteiger partial charge in [-0.1, -0.05) is 26.7 Å². The van der Waals surface area contributed by atoms with Crippen LogP contribution in [0.1, 0.15) is 46.0 Å². The molecular weight excluding hydrogens is 398 g/mol. The molecule has 12 nitrogen and oxygen atoms in total. The molecule has 0 aliphatic carbocycles. The zero-order valence-corrected chi connectivity index (χ0v) is 17.3. The molecule has 0 saturated heterocycles. The van der Waals surface area contributed by atoms with E-state index in [2.05, 4.69) is 16.0 Å². The maximum Gasteiger partial charge on any atom is 0.326 e. The third-order valence-corrected chi connectivity index (χ3v) is 4.53. The summed E-state index contributed by atoms with van der Waals surface area (Å²) in [6.07, 6.45) is 1.50. The fourth-order valence-corrected chi connectivity index (χ4v) is 2.50. The molecule has 12 heteroatoms. The van der Waals surface area contributed by atoms with E-state index in [4.69, 9.17) is 21.7 Å². The van der Waals surface area contributed by atoms with Crippen molar-refractivity contribution in [2.75, 3.05) is 13.1 Å². The monoisotopic (exact) mass is 431 g/mol. The van der Waals surface area contributed by atoms with Crippen LogP contribution in [0.4, 0.5) is 0 Å². The average Bonchev–Trinajstić information content (AvgIpc) is 2.68. The van der Waals surface area contributed by atoms with Crippen LogP contribution in [0.2, 0.25) is 0 Å². The lowest BCUT2D eigenvalue weighted by molar-refractivity contribution is -0.147. The van der Waals surface area contributed by atoms with Crippen LogP contribution in [-0.4, -0.2) is 71.1 Å². The second-order valence-corrected chi connectivity index (χ2v) is 7.04. The minimum atomic E-state index is -1.63. The van der Waals surface area contributed by atoms with Crippen LogP contribution in [0, 0.1) is 5.92 Å². The summed E-state index contributed by atoms with van der Waals surface area (Å²) >= 11 is 0. The summed E-state index contributed by atoms with van der Waals surface area (Å²) in [4.78, 5) is 58.5. The summed E-state index contributed by atoms with van der Waals surface area (Å²) in [6, 6.07) is -3.52. The Morgan fingerprint density at radius 3 is 2.13 bits per heavy atom. The number of carbonyl (C=O) groups excluding carboxylic acids is 3. The molecule has 0 spiro atoms. The standard InChI is InChI=1S/C18H33N5O7/c1-3-10(2)15(17(28)22-12(18(29)30)8-14(25)26)23-13(24)9-21-16(27)11(20)6-4-5-7-19/h10-12,15H,3-9,19-20H2,1-2H3,(H,21,27)(H,22,28)(H,23,24)(H,25,26)(H,29,30). The second kappa shape index (κ2) is 14.3. The van der Waals surface area contributed by atoms with Crippen LogP contribution >= 0.6 is 0 Å². The van der Waals surface area contributed by atoms with Gasteiger partial charge in [0.15, 0.2) is 0 Å². The van der Waals surface area contributed by atoms with Gasteiger partial charge in [-0.15, -0.1) is 0 Å². The van der Waals surface area contributed by atoms with E-state index in [-0.39, 0.29) is 5.92 Å². The van der Waals surface area contributed by atoms with Crippen LogP contribution in [0.25, 0.3) is 0 Å². The molecule has 0 heterocycles. The summed E-state index contributed by atoms with van der Waals surface area (Å²) in [5, 5.41) is 24.8. The number of rotatable bonds is 15. The molecule has 4 atom stereocenters. The van der Waals surface area contributed by atoms with Crippen molar-refractivity contribution in [3.8, 4) is 0 Å². The van der Waals surface area contributed by atoms with E-state index in [1.807, 2.05) is 0 Å². The highest BCUT2D eigenvalue weighted by Crippen LogP contribution is 2.09. The smallest absolute Gasteiger partial charge is 0.326 e. The van der Waals surface area contributed by atoms with Crippen LogP contribution in [0.3, 0.4) is 0 Å². The molecule has 3 amide bonds. The molecule has 0 fully saturated rings. The maximum absolute atomic E-state index is 12.5. The Morgan fingerprint density at radius 2 is 1.63 bits per heavy atom. The van der Waals surface area contributed by atoms with E-state index >= 15 is 0 Å². The van der Waals surface area contributed by atoms with Crippen LogP contribution in [0.15, 0.2) is 0 Å². The zero-order valence-electron chi connectivity index (χ0n) is 17.3. The van der Waals surface area contributed by atoms with Crippen LogP contribution in [-0.2, 0) is 24.0 Å². The van der Waals surface area contributed by atoms with Gasteiger partial charge in [0.1, 0.15) is 12.1 Å². The SMILES string of the molecule is CCC(C)C(NC(=O)CNC(=O)C(N)CCCCN)C(=O)NC(CC(=O)O)C(=O)O. The largest absolute Gasteiger partial charge is 0.481 e. The summed E-state index contributed by atoms with van der Waals surface area (Å²) in [7, 11) is 0. The molecule has 0 aliphatic rings. The third kappa shape index (κ3) is 10.7. The van der Waals surface area contributed by atoms with Gasteiger partial charge in [0.25, 0.3) is 0 Å². The molecule has 9 N–H and O–H groups in total. The van der Waals surface area contributed by atoms with Gasteiger partial charge < -0.3 is 37.6 Å². The Morgan fingerprint density at radius 1 is 1.00 bits per heavy atom. The number of hydrogen-bond acceptors (Lipinski definition) is 7. The van der Waals surface area contributed by atoms with Gasteiger partial charge in [-0.25, -0.2) is 4.79 Å². The van der Waals surface area contributed by atoms with E-state index in [0.717, 1.165) is 6.42 Å². The molecule has 0 radical (unpaired) electrons. The van der Waals surface area contributed by atoms with Crippen molar-refractivity contribution < 1.29 is 34.2 Å². The van der Waals surface area contributed by atoms with Crippen molar-refractivity contribution >= 4 is 29.7 Å². The van der Waals surface area contributed by atoms with Crippen LogP contribution < -0.4 is 27.4 Å². The minimum Gasteiger partial charge on any atom is -0.481 e. The second-order valence-electron chi connectivity index (χ2n) is 7.04. The number of carbonyl (C=O) groups is 5. The molecule has 0 bridgehead atoms. The van der Waals surface area contributed by atoms with Gasteiger partial charge in [0, 0.05) is 0 Å². The van der Waals surface area contributed by atoms with Crippen LogP contribution in [0.5, 0.6) is 0 Å². The quantitative estimate of drug-likeness (QED) is 0.144. The van der Waals surface area contributed by atoms with E-state index in [0.29, 0.717) is 25.8 Å². The van der Waals surface area contributed by atoms with Crippen molar-refractivity contribution in [2.45, 2.75) is 64.1 Å². The maximum atomic E-state index is 12.5. The first-order valence-electron chi connectivity index (χ1n) is 9.81. The summed E-state index contributed by atoms with van der Waals surface area (Å²) < 4.78 is 0. The summed E-state index contributed by atoms with van der Waals surface area (Å²) in [6.45, 7) is 3.51. The van der Waals surface area contributed by atoms with E-state index in [1.165, 1.54) is 0 Å². The van der Waals surface area contributed by atoms with Crippen molar-refractivity contribution in [1.29, 1.82) is 0 Å². The lowest BCUT2D eigenvalue weighted by atomic mass is 9.97. The molecular formula is C18H33N5O7. The van der Waals surface area contributed by atoms with Gasteiger partial charge in [-0.05, 0) is 25.3 Å². The van der Waals surface area contributed by atoms with Crippen molar-refractivity contribution in [3.63, 3.8) is 0 Å². The Labute approximate surface area is 175 Å². The van der Waals surface area contributed by atoms with Gasteiger partial charge in [0.2, 0.25) is 17.7 Å². The van der Waals surface area contributed by atoms with E-state index in [1.54, 1.807) is 13.8 Å². The first-order valence-corrected chi connectivity index (χ1v) is 9.81. The number of carboxylic acids is 2. The molecule has 0 aromatic carbocycles. The fraction of sp³-hybridized carbons (Fsp3) is 0.722. The predicted octanol–water partition coefficient (Wildman–Crippen LogP) is -1.87. The Kier molecular flexibility index (Phi) is 13.0. The highest BCUT2D eigenvalue weighted by molar-refractivity contribution is 5.93. The number of unbranched alkanes of at least 4 members (excludes halogenated alkanes) is 1. The highest BCUT2D eigenvalue weighted by atomic mass is 16.4. The molecule has 0 aliphatic heterocycles.